The summed E-state index contributed by atoms with van der Waals surface area (Å²) in [6, 6.07) is 64.3. The fourth-order valence-corrected chi connectivity index (χ4v) is 12.5. The molecule has 5 aromatic heterocycles. The van der Waals surface area contributed by atoms with Gasteiger partial charge in [0.1, 0.15) is 33.0 Å². The molecule has 0 saturated carbocycles. The average molecular weight is 2130 g/mol. The van der Waals surface area contributed by atoms with Crippen LogP contribution in [0.25, 0.3) is 28.4 Å². The van der Waals surface area contributed by atoms with Crippen molar-refractivity contribution in [2.45, 2.75) is 94.8 Å². The number of benzene rings is 10. The van der Waals surface area contributed by atoms with Crippen molar-refractivity contribution in [1.29, 1.82) is 0 Å². The average Bonchev–Trinajstić information content (AvgIpc) is 1.68. The van der Waals surface area contributed by atoms with Crippen LogP contribution in [0.4, 0.5) is 8.78 Å². The van der Waals surface area contributed by atoms with Gasteiger partial charge in [0.05, 0.1) is 28.4 Å². The minimum atomic E-state index is -0.471. The first kappa shape index (κ1) is 103. The van der Waals surface area contributed by atoms with E-state index in [-0.39, 0.29) is 223 Å². The summed E-state index contributed by atoms with van der Waals surface area (Å²) >= 11 is 9.80. The Kier molecular flexibility index (Phi) is 41.2. The van der Waals surface area contributed by atoms with Crippen LogP contribution in [0, 0.1) is 90.4 Å². The van der Waals surface area contributed by atoms with Crippen LogP contribution < -0.4 is 52.1 Å². The number of tetrazole rings is 5. The molecule has 0 aliphatic carbocycles. The van der Waals surface area contributed by atoms with Gasteiger partial charge in [0.25, 0.3) is 0 Å². The fraction of sp³-hybridized carbons (Fsp3) is 0.226. The van der Waals surface area contributed by atoms with Gasteiger partial charge in [0.15, 0.2) is 0 Å². The van der Waals surface area contributed by atoms with Crippen LogP contribution in [0.1, 0.15) is 79.2 Å². The van der Waals surface area contributed by atoms with Crippen LogP contribution in [0.15, 0.2) is 198 Å². The molecule has 0 fully saturated rings. The van der Waals surface area contributed by atoms with Gasteiger partial charge in [0, 0.05) is 276 Å². The topological polar surface area (TPSA) is 310 Å². The maximum Gasteiger partial charge on any atom is 0.368 e. The summed E-state index contributed by atoms with van der Waals surface area (Å²) in [7, 11) is 7.73. The van der Waals surface area contributed by atoms with Gasteiger partial charge in [-0.05, 0) is 132 Å². The first-order chi connectivity index (χ1) is 56.7. The molecule has 10 aromatic carbocycles. The Balaban J connectivity index is 0.000000236. The summed E-state index contributed by atoms with van der Waals surface area (Å²) in [6.07, 6.45) is 0.742. The number of halogens is 4. The van der Waals surface area contributed by atoms with Crippen LogP contribution in [0.5, 0.6) is 28.7 Å². The summed E-state index contributed by atoms with van der Waals surface area (Å²) in [6.45, 7) is 16.3. The van der Waals surface area contributed by atoms with Crippen molar-refractivity contribution < 1.29 is 196 Å². The monoisotopic (exact) mass is 2120 g/mol. The Bertz CT molecular complexity index is 6010. The van der Waals surface area contributed by atoms with E-state index in [4.69, 9.17) is 35.3 Å². The Morgan fingerprint density at radius 3 is 0.951 bits per heavy atom. The molecule has 123 heavy (non-hydrogen) atoms. The number of hydrogen-bond donors (Lipinski definition) is 0. The van der Waals surface area contributed by atoms with Crippen LogP contribution in [-0.2, 0) is 238 Å². The van der Waals surface area contributed by atoms with Gasteiger partial charge < -0.3 is 23.7 Å². The van der Waals surface area contributed by atoms with Gasteiger partial charge in [-0.1, -0.05) is 118 Å². The molecule has 0 aliphatic rings. The van der Waals surface area contributed by atoms with E-state index in [1.165, 1.54) is 66.0 Å². The van der Waals surface area contributed by atoms with E-state index in [1.807, 2.05) is 145 Å². The molecule has 30 nitrogen and oxygen atoms in total. The van der Waals surface area contributed by atoms with Crippen molar-refractivity contribution in [2.24, 2.45) is 35.2 Å². The van der Waals surface area contributed by atoms with Crippen molar-refractivity contribution in [3.63, 3.8) is 0 Å². The number of hydrogen-bond acceptors (Lipinski definition) is 20. The largest absolute Gasteiger partial charge is 0.514 e. The number of nitrogens with zero attached hydrogens (tertiary/aromatic N) is 20. The number of ether oxygens (including phenoxy) is 5. The van der Waals surface area contributed by atoms with Crippen molar-refractivity contribution in [2.75, 3.05) is 0 Å². The summed E-state index contributed by atoms with van der Waals surface area (Å²) in [5.41, 5.74) is 12.5. The molecule has 0 amide bonds. The quantitative estimate of drug-likeness (QED) is 0.0603. The van der Waals surface area contributed by atoms with Crippen molar-refractivity contribution in [3.8, 4) is 57.2 Å². The van der Waals surface area contributed by atoms with Gasteiger partial charge in [-0.2, -0.15) is 126 Å². The van der Waals surface area contributed by atoms with E-state index in [0.29, 0.717) is 63.4 Å². The van der Waals surface area contributed by atoms with Crippen molar-refractivity contribution in [3.05, 3.63) is 346 Å². The standard InChI is InChI=1S/C18H18FN4O2.C17H16FN4O2.C17H17N4O2.C16H14BrN4O2.C16H14ClN4O2.5Y/c1-4-13-8-6-10-16(23-18(24)22(3)20-21-23)14(13)11-25-17-12(2)7-5-9-15(17)19;1-11-6-5-9-15(22-17(23)21(3)19-20-22)13(11)10-24-16-12(2)7-4-8-14(16)18;1-12-8-6-9-15(21-17(22)20(3)18-19-21)14(12)11-23-16-10-5-4-7-13(16)2;2*1-11-6-3-4-9-15(11)23-10-12-13(17)7-5-8-14(12)21-16(22)20(2)18-19-21;;;;;/h6-10H,4,11H2,1-3H3;5-9H,10H2,1-3H3;5-10H,11H2,1-3H3;2*4-9H,10H2,1-2H3;;;;;/q5*-1;;;;;. The second kappa shape index (κ2) is 49.0. The molecule has 0 spiro atoms. The van der Waals surface area contributed by atoms with E-state index in [2.05, 4.69) is 98.4 Å². The normalized spacial score (nSPS) is 10.3. The molecule has 623 valence electrons. The fourth-order valence-electron chi connectivity index (χ4n) is 11.8. The molecule has 15 rings (SSSR count). The van der Waals surface area contributed by atoms with Crippen LogP contribution in [0.3, 0.4) is 0 Å². The third-order valence-corrected chi connectivity index (χ3v) is 19.5. The number of rotatable bonds is 21. The molecule has 0 unspecified atom stereocenters. The van der Waals surface area contributed by atoms with E-state index in [0.717, 1.165) is 97.8 Å². The second-order valence-corrected chi connectivity index (χ2v) is 27.8. The van der Waals surface area contributed by atoms with Gasteiger partial charge >= 0.3 is 28.4 Å². The Morgan fingerprint density at radius 2 is 0.618 bits per heavy atom. The zero-order chi connectivity index (χ0) is 84.4. The van der Waals surface area contributed by atoms with E-state index in [9.17, 15) is 32.8 Å². The van der Waals surface area contributed by atoms with Gasteiger partial charge in [-0.3, -0.25) is 8.78 Å². The molecule has 5 radical (unpaired) electrons. The van der Waals surface area contributed by atoms with E-state index >= 15 is 0 Å². The molecule has 5 heterocycles. The van der Waals surface area contributed by atoms with Crippen LogP contribution in [-0.4, -0.2) is 99.0 Å². The third-order valence-electron chi connectivity index (χ3n) is 18.4. The molecule has 15 aromatic rings. The zero-order valence-corrected chi connectivity index (χ0v) is 85.9. The Morgan fingerprint density at radius 1 is 0.333 bits per heavy atom. The molecular weight excluding hydrogens is 2050 g/mol. The minimum Gasteiger partial charge on any atom is -0.514 e. The first-order valence-electron chi connectivity index (χ1n) is 36.4. The molecule has 39 heteroatoms. The molecule has 0 atom stereocenters. The molecule has 0 bridgehead atoms. The number of aryl methyl sites for hydroxylation is 13. The summed E-state index contributed by atoms with van der Waals surface area (Å²) < 4.78 is 69.8. The summed E-state index contributed by atoms with van der Waals surface area (Å²) in [5.74, 6) is 1.73. The predicted octanol–water partition coefficient (Wildman–Crippen LogP) is 11.1. The maximum atomic E-state index is 14.0. The van der Waals surface area contributed by atoms with Gasteiger partial charge in [-0.15, -0.1) is 58.1 Å². The van der Waals surface area contributed by atoms with Crippen molar-refractivity contribution in [1.82, 2.24) is 99.0 Å². The molecular formula is C84H79BrClF2N20O10Y5-5. The maximum absolute atomic E-state index is 14.0. The first-order valence-corrected chi connectivity index (χ1v) is 37.6. The predicted molar refractivity (Wildman–Crippen MR) is 436 cm³/mol. The number of aromatic nitrogens is 20. The smallest absolute Gasteiger partial charge is 0.368 e. The Hall–Kier alpha value is -8.30. The zero-order valence-electron chi connectivity index (χ0n) is 69.3. The Labute approximate surface area is 845 Å². The van der Waals surface area contributed by atoms with E-state index < -0.39 is 11.6 Å². The van der Waals surface area contributed by atoms with Crippen LogP contribution in [0.2, 0.25) is 5.02 Å². The van der Waals surface area contributed by atoms with Gasteiger partial charge in [-0.25, -0.2) is 24.0 Å². The minimum absolute atomic E-state index is 0. The van der Waals surface area contributed by atoms with E-state index in [1.54, 1.807) is 82.5 Å². The molecule has 0 aliphatic heterocycles. The molecule has 0 N–H and O–H groups in total. The van der Waals surface area contributed by atoms with Crippen molar-refractivity contribution >= 4 is 27.5 Å². The van der Waals surface area contributed by atoms with Crippen LogP contribution >= 0.6 is 27.5 Å². The summed E-state index contributed by atoms with van der Waals surface area (Å²) in [4.78, 5) is 60.6. The SMILES string of the molecule is CCc1cccc(-n2nnn(C)c2=O)c1COc1c(C)c[c-]cc1F.Cc1c[c-]ccc1OCc1c(Br)cccc1-n1nnn(C)c1=O.Cc1c[c-]ccc1OCc1c(C)cccc1-n1nnn(C)c1=O.Cc1c[c-]ccc1OCc1c(Cl)cccc1-n1nnn(C)c1=O.Cc1cccc(-n2nnn(C)c2=O)c1COc1c(C)c[c-]cc1F.[Y].[Y].[Y].[Y].[Y]. The second-order valence-electron chi connectivity index (χ2n) is 26.5. The third kappa shape index (κ3) is 25.8. The van der Waals surface area contributed by atoms with Gasteiger partial charge in [0.2, 0.25) is 0 Å². The summed E-state index contributed by atoms with van der Waals surface area (Å²) in [5, 5.41) is 38.6. The molecule has 0 saturated heterocycles.